The lowest BCUT2D eigenvalue weighted by Crippen LogP contribution is -2.12. The van der Waals surface area contributed by atoms with Crippen molar-refractivity contribution in [3.8, 4) is 142 Å². The van der Waals surface area contributed by atoms with Gasteiger partial charge in [-0.2, -0.15) is 0 Å². The van der Waals surface area contributed by atoms with Crippen molar-refractivity contribution in [3.05, 3.63) is 558 Å². The van der Waals surface area contributed by atoms with Crippen LogP contribution in [0.25, 0.3) is 142 Å². The minimum atomic E-state index is 1.07. The van der Waals surface area contributed by atoms with Crippen LogP contribution < -0.4 is 19.6 Å². The molecule has 4 aromatic heterocycles. The number of thiophene rings is 4. The summed E-state index contributed by atoms with van der Waals surface area (Å²) in [6, 6.07) is 201. The van der Waals surface area contributed by atoms with E-state index in [0.717, 1.165) is 76.6 Å². The van der Waals surface area contributed by atoms with Crippen LogP contribution >= 0.6 is 45.3 Å². The first kappa shape index (κ1) is 86.6. The molecule has 138 heavy (non-hydrogen) atoms. The van der Waals surface area contributed by atoms with Crippen molar-refractivity contribution in [3.63, 3.8) is 0 Å². The zero-order valence-corrected chi connectivity index (χ0v) is 78.8. The highest BCUT2D eigenvalue weighted by atomic mass is 32.1. The average molecular weight is 1840 g/mol. The number of benzene rings is 19. The van der Waals surface area contributed by atoms with E-state index in [1.165, 1.54) is 131 Å². The molecule has 23 aromatic rings. The summed E-state index contributed by atoms with van der Waals surface area (Å²) < 4.78 is 0. The van der Waals surface area contributed by atoms with E-state index in [1.807, 2.05) is 45.3 Å². The molecule has 4 nitrogen and oxygen atoms in total. The van der Waals surface area contributed by atoms with Crippen LogP contribution in [-0.4, -0.2) is 0 Å². The summed E-state index contributed by atoms with van der Waals surface area (Å²) in [6.07, 6.45) is 0. The van der Waals surface area contributed by atoms with E-state index in [1.54, 1.807) is 0 Å². The third-order valence-electron chi connectivity index (χ3n) is 25.0. The Kier molecular flexibility index (Phi) is 25.4. The summed E-state index contributed by atoms with van der Waals surface area (Å²) >= 11 is 7.39. The van der Waals surface area contributed by atoms with Crippen LogP contribution in [0.3, 0.4) is 0 Å². The highest BCUT2D eigenvalue weighted by Crippen LogP contribution is 2.62. The molecule has 23 rings (SSSR count). The second-order valence-corrected chi connectivity index (χ2v) is 37.6. The molecular formula is C130H92N4S4. The third kappa shape index (κ3) is 17.9. The Hall–Kier alpha value is -16.8. The van der Waals surface area contributed by atoms with Gasteiger partial charge in [-0.05, 0) is 175 Å². The van der Waals surface area contributed by atoms with Crippen LogP contribution in [-0.2, 0) is 0 Å². The van der Waals surface area contributed by atoms with Crippen LogP contribution in [0.4, 0.5) is 65.5 Å². The standard InChI is InChI=1S/C68H48N2S2.C62H44N2S2/c1-9-25-51(26-10-1)61-63(53-29-13-3-14-30-53)67(71-65(61)55-33-17-5-18-34-55)69(57-37-21-7-22-38-57)59-45-41-49(42-46-59)50-43-47-60(48-44-50)70(58-39-23-8-24-40-58)68-64(54-31-15-4-16-32-54)62(52-27-11-2-12-28-52)66(72-68)56-35-19-6-20-36-56;1-9-25-45(26-10-1)55-57(47-29-13-3-14-30-47)61(65-59(55)49-33-17-5-18-34-49)63(51-37-21-7-22-38-51)53-41-43-54(44-42-53)64(52-39-23-8-24-40-52)62-58(48-31-15-4-16-32-48)56(46-27-11-2-12-28-46)60(66-62)50-35-19-6-20-36-50/h1-48H;1-44H. The van der Waals surface area contributed by atoms with Gasteiger partial charge in [0.2, 0.25) is 0 Å². The van der Waals surface area contributed by atoms with Crippen molar-refractivity contribution in [1.29, 1.82) is 0 Å². The maximum Gasteiger partial charge on any atom is 0.109 e. The predicted octanol–water partition coefficient (Wildman–Crippen LogP) is 39.2. The fourth-order valence-electron chi connectivity index (χ4n) is 18.7. The number of para-hydroxylation sites is 4. The van der Waals surface area contributed by atoms with Crippen LogP contribution in [0.15, 0.2) is 558 Å². The van der Waals surface area contributed by atoms with Crippen LogP contribution in [0.1, 0.15) is 0 Å². The lowest BCUT2D eigenvalue weighted by Gasteiger charge is -2.28. The quantitative estimate of drug-likeness (QED) is 0.0565. The second-order valence-electron chi connectivity index (χ2n) is 33.6. The third-order valence-corrected chi connectivity index (χ3v) is 29.9. The molecular weight excluding hydrogens is 1750 g/mol. The van der Waals surface area contributed by atoms with Gasteiger partial charge in [-0.3, -0.25) is 0 Å². The van der Waals surface area contributed by atoms with Crippen molar-refractivity contribution >= 4 is 111 Å². The molecule has 0 spiro atoms. The highest BCUT2D eigenvalue weighted by Gasteiger charge is 2.34. The van der Waals surface area contributed by atoms with E-state index < -0.39 is 0 Å². The predicted molar refractivity (Wildman–Crippen MR) is 594 cm³/mol. The van der Waals surface area contributed by atoms with E-state index in [9.17, 15) is 0 Å². The van der Waals surface area contributed by atoms with Gasteiger partial charge in [-0.15, -0.1) is 45.3 Å². The lowest BCUT2D eigenvalue weighted by molar-refractivity contribution is 1.28. The van der Waals surface area contributed by atoms with E-state index in [-0.39, 0.29) is 0 Å². The summed E-state index contributed by atoms with van der Waals surface area (Å²) in [7, 11) is 0. The van der Waals surface area contributed by atoms with Gasteiger partial charge < -0.3 is 19.6 Å². The molecule has 0 aliphatic heterocycles. The minimum absolute atomic E-state index is 1.07. The first-order valence-electron chi connectivity index (χ1n) is 46.6. The SMILES string of the molecule is c1ccc(-c2sc(N(c3ccccc3)c3ccc(-c4ccc(N(c5ccccc5)c5sc(-c6ccccc6)c(-c6ccccc6)c5-c5ccccc5)cc4)cc3)c(-c3ccccc3)c2-c2ccccc2)cc1.c1ccc(-c2sc(N(c3ccccc3)c3ccc(N(c4ccccc4)c4sc(-c5ccccc5)c(-c5ccccc5)c4-c4ccccc4)cc3)c(-c3ccccc3)c2-c2ccccc2)cc1. The van der Waals surface area contributed by atoms with Crippen molar-refractivity contribution in [1.82, 2.24) is 0 Å². The Bertz CT molecular complexity index is 7450. The van der Waals surface area contributed by atoms with Gasteiger partial charge in [0.05, 0.1) is 0 Å². The van der Waals surface area contributed by atoms with E-state index in [0.29, 0.717) is 0 Å². The topological polar surface area (TPSA) is 13.0 Å². The smallest absolute Gasteiger partial charge is 0.109 e. The molecule has 19 aromatic carbocycles. The van der Waals surface area contributed by atoms with Gasteiger partial charge >= 0.3 is 0 Å². The van der Waals surface area contributed by atoms with Crippen molar-refractivity contribution < 1.29 is 0 Å². The summed E-state index contributed by atoms with van der Waals surface area (Å²) in [5, 5.41) is 4.64. The maximum atomic E-state index is 2.45. The van der Waals surface area contributed by atoms with Crippen molar-refractivity contribution in [2.24, 2.45) is 0 Å². The van der Waals surface area contributed by atoms with E-state index in [2.05, 4.69) is 578 Å². The molecule has 0 bridgehead atoms. The fraction of sp³-hybridized carbons (Fsp3) is 0. The number of nitrogens with zero attached hydrogens (tertiary/aromatic N) is 4. The Balaban J connectivity index is 0.000000160. The van der Waals surface area contributed by atoms with E-state index in [4.69, 9.17) is 0 Å². The first-order valence-corrected chi connectivity index (χ1v) is 49.9. The number of rotatable bonds is 25. The summed E-state index contributed by atoms with van der Waals surface area (Å²) in [6.45, 7) is 0. The normalized spacial score (nSPS) is 11.0. The van der Waals surface area contributed by atoms with Crippen LogP contribution in [0.2, 0.25) is 0 Å². The molecule has 656 valence electrons. The Morgan fingerprint density at radius 2 is 0.210 bits per heavy atom. The molecule has 0 fully saturated rings. The molecule has 0 aliphatic rings. The van der Waals surface area contributed by atoms with Crippen LogP contribution in [0.5, 0.6) is 0 Å². The Labute approximate surface area is 823 Å². The summed E-state index contributed by atoms with van der Waals surface area (Å²) in [4.78, 5) is 14.7. The van der Waals surface area contributed by atoms with Crippen molar-refractivity contribution in [2.75, 3.05) is 19.6 Å². The summed E-state index contributed by atoms with van der Waals surface area (Å²) in [5.74, 6) is 0. The maximum absolute atomic E-state index is 2.45. The van der Waals surface area contributed by atoms with E-state index >= 15 is 0 Å². The van der Waals surface area contributed by atoms with Crippen molar-refractivity contribution in [2.45, 2.75) is 0 Å². The number of anilines is 12. The molecule has 0 amide bonds. The highest BCUT2D eigenvalue weighted by molar-refractivity contribution is 7.22. The number of hydrogen-bond donors (Lipinski definition) is 0. The molecule has 0 unspecified atom stereocenters. The molecule has 0 saturated heterocycles. The molecule has 8 heteroatoms. The zero-order valence-electron chi connectivity index (χ0n) is 75.5. The molecule has 0 radical (unpaired) electrons. The average Bonchev–Trinajstić information content (AvgIpc) is 1.60. The zero-order chi connectivity index (χ0) is 92.1. The molecule has 0 aliphatic carbocycles. The molecule has 0 saturated carbocycles. The number of hydrogen-bond acceptors (Lipinski definition) is 8. The van der Waals surface area contributed by atoms with Gasteiger partial charge in [0, 0.05) is 110 Å². The Morgan fingerprint density at radius 3 is 0.362 bits per heavy atom. The fourth-order valence-corrected chi connectivity index (χ4v) is 24.3. The van der Waals surface area contributed by atoms with Crippen LogP contribution in [0, 0.1) is 0 Å². The monoisotopic (exact) mass is 1840 g/mol. The Morgan fingerprint density at radius 1 is 0.0942 bits per heavy atom. The summed E-state index contributed by atoms with van der Waals surface area (Å²) in [5.41, 5.74) is 35.0. The van der Waals surface area contributed by atoms with Gasteiger partial charge in [0.15, 0.2) is 0 Å². The largest absolute Gasteiger partial charge is 0.301 e. The first-order chi connectivity index (χ1) is 68.6. The lowest BCUT2D eigenvalue weighted by atomic mass is 9.93. The minimum Gasteiger partial charge on any atom is -0.301 e. The van der Waals surface area contributed by atoms with Gasteiger partial charge in [0.25, 0.3) is 0 Å². The molecule has 0 atom stereocenters. The van der Waals surface area contributed by atoms with Gasteiger partial charge in [-0.1, -0.05) is 461 Å². The molecule has 4 heterocycles. The second kappa shape index (κ2) is 40.5. The van der Waals surface area contributed by atoms with Gasteiger partial charge in [0.1, 0.15) is 20.0 Å². The van der Waals surface area contributed by atoms with Gasteiger partial charge in [-0.25, -0.2) is 0 Å². The molecule has 0 N–H and O–H groups in total.